The van der Waals surface area contributed by atoms with Gasteiger partial charge in [0.05, 0.1) is 17.3 Å². The molecule has 9 heteroatoms. The van der Waals surface area contributed by atoms with Gasteiger partial charge in [0.2, 0.25) is 0 Å². The van der Waals surface area contributed by atoms with E-state index in [0.717, 1.165) is 5.56 Å². The Morgan fingerprint density at radius 3 is 2.56 bits per heavy atom. The number of aromatic nitrogens is 4. The zero-order chi connectivity index (χ0) is 19.0. The second-order valence-corrected chi connectivity index (χ2v) is 7.36. The number of rotatable bonds is 4. The maximum atomic E-state index is 14.1. The van der Waals surface area contributed by atoms with Crippen molar-refractivity contribution in [1.82, 2.24) is 19.8 Å². The smallest absolute Gasteiger partial charge is 0.340 e. The predicted octanol–water partition coefficient (Wildman–Crippen LogP) is 3.01. The van der Waals surface area contributed by atoms with Crippen LogP contribution in [0.15, 0.2) is 65.7 Å². The second kappa shape index (κ2) is 6.44. The maximum Gasteiger partial charge on any atom is 0.340 e. The lowest BCUT2D eigenvalue weighted by Gasteiger charge is -2.05. The largest absolute Gasteiger partial charge is 0.356 e. The zero-order valence-electron chi connectivity index (χ0n) is 14.1. The fourth-order valence-corrected chi connectivity index (χ4v) is 3.41. The van der Waals surface area contributed by atoms with Crippen LogP contribution in [0.1, 0.15) is 5.56 Å². The first-order valence-electron chi connectivity index (χ1n) is 7.91. The van der Waals surface area contributed by atoms with E-state index in [1.165, 1.54) is 41.0 Å². The van der Waals surface area contributed by atoms with E-state index in [2.05, 4.69) is 15.3 Å². The number of fused-ring (bicyclic) bond motifs is 1. The SMILES string of the molecule is Cc1ccc(S(=O)(=O)Oc2cc3cnnc(-c4ccccc4F)n3n2)cc1. The molecule has 7 nitrogen and oxygen atoms in total. The van der Waals surface area contributed by atoms with Gasteiger partial charge in [-0.1, -0.05) is 29.8 Å². The maximum absolute atomic E-state index is 14.1. The van der Waals surface area contributed by atoms with E-state index in [4.69, 9.17) is 4.18 Å². The minimum Gasteiger partial charge on any atom is -0.356 e. The van der Waals surface area contributed by atoms with Crippen LogP contribution in [0.25, 0.3) is 16.9 Å². The molecule has 0 radical (unpaired) electrons. The Bertz CT molecular complexity index is 1240. The molecule has 0 saturated heterocycles. The first kappa shape index (κ1) is 17.1. The molecule has 2 heterocycles. The molecule has 0 N–H and O–H groups in total. The molecule has 2 aromatic carbocycles. The zero-order valence-corrected chi connectivity index (χ0v) is 14.9. The van der Waals surface area contributed by atoms with Crippen molar-refractivity contribution in [3.8, 4) is 17.3 Å². The van der Waals surface area contributed by atoms with Gasteiger partial charge in [0.15, 0.2) is 5.82 Å². The summed E-state index contributed by atoms with van der Waals surface area (Å²) in [4.78, 5) is 0.00994. The number of aryl methyl sites for hydroxylation is 1. The van der Waals surface area contributed by atoms with Crippen molar-refractivity contribution in [1.29, 1.82) is 0 Å². The topological polar surface area (TPSA) is 86.5 Å². The fourth-order valence-electron chi connectivity index (χ4n) is 2.54. The average molecular weight is 384 g/mol. The van der Waals surface area contributed by atoms with Crippen LogP contribution < -0.4 is 4.18 Å². The highest BCUT2D eigenvalue weighted by atomic mass is 32.2. The minimum atomic E-state index is -4.05. The third-order valence-corrected chi connectivity index (χ3v) is 5.12. The summed E-state index contributed by atoms with van der Waals surface area (Å²) in [5.41, 5.74) is 1.53. The van der Waals surface area contributed by atoms with Crippen LogP contribution >= 0.6 is 0 Å². The molecule has 2 aromatic heterocycles. The predicted molar refractivity (Wildman–Crippen MR) is 95.2 cm³/mol. The van der Waals surface area contributed by atoms with Crippen LogP contribution in [-0.2, 0) is 10.1 Å². The number of hydrogen-bond donors (Lipinski definition) is 0. The second-order valence-electron chi connectivity index (χ2n) is 5.82. The third-order valence-electron chi connectivity index (χ3n) is 3.88. The van der Waals surface area contributed by atoms with E-state index >= 15 is 0 Å². The van der Waals surface area contributed by atoms with Gasteiger partial charge < -0.3 is 4.18 Å². The van der Waals surface area contributed by atoms with Crippen LogP contribution in [0.2, 0.25) is 0 Å². The molecule has 0 saturated carbocycles. The number of hydrogen-bond acceptors (Lipinski definition) is 6. The number of benzene rings is 2. The highest BCUT2D eigenvalue weighted by molar-refractivity contribution is 7.87. The lowest BCUT2D eigenvalue weighted by atomic mass is 10.2. The van der Waals surface area contributed by atoms with Crippen molar-refractivity contribution >= 4 is 15.6 Å². The summed E-state index contributed by atoms with van der Waals surface area (Å²) in [6.07, 6.45) is 1.38. The molecule has 0 atom stereocenters. The normalized spacial score (nSPS) is 11.6. The summed E-state index contributed by atoms with van der Waals surface area (Å²) in [5.74, 6) is -0.527. The fraction of sp³-hybridized carbons (Fsp3) is 0.0556. The Hall–Kier alpha value is -3.33. The summed E-state index contributed by atoms with van der Waals surface area (Å²) < 4.78 is 45.4. The summed E-state index contributed by atoms with van der Waals surface area (Å²) >= 11 is 0. The van der Waals surface area contributed by atoms with Gasteiger partial charge in [-0.05, 0) is 31.2 Å². The molecule has 136 valence electrons. The first-order chi connectivity index (χ1) is 12.9. The van der Waals surface area contributed by atoms with Gasteiger partial charge >= 0.3 is 10.1 Å². The molecule has 0 aliphatic rings. The summed E-state index contributed by atoms with van der Waals surface area (Å²) in [5, 5.41) is 11.9. The molecule has 0 fully saturated rings. The van der Waals surface area contributed by atoms with Crippen LogP contribution in [0.4, 0.5) is 4.39 Å². The monoisotopic (exact) mass is 384 g/mol. The standard InChI is InChI=1S/C18H13FN4O3S/c1-12-6-8-14(9-7-12)27(24,25)26-17-10-13-11-20-21-18(23(13)22-17)15-4-2-3-5-16(15)19/h2-11H,1H3. The highest BCUT2D eigenvalue weighted by Gasteiger charge is 2.20. The Morgan fingerprint density at radius 1 is 1.07 bits per heavy atom. The molecule has 0 amide bonds. The molecule has 4 rings (SSSR count). The van der Waals surface area contributed by atoms with Gasteiger partial charge in [-0.2, -0.15) is 13.5 Å². The van der Waals surface area contributed by atoms with Crippen LogP contribution in [0.5, 0.6) is 5.88 Å². The van der Waals surface area contributed by atoms with Gasteiger partial charge in [0, 0.05) is 6.07 Å². The molecule has 0 aliphatic heterocycles. The Labute approximate surface area is 154 Å². The van der Waals surface area contributed by atoms with Gasteiger partial charge in [-0.15, -0.1) is 10.2 Å². The molecule has 0 unspecified atom stereocenters. The molecule has 0 spiro atoms. The first-order valence-corrected chi connectivity index (χ1v) is 9.32. The average Bonchev–Trinajstić information content (AvgIpc) is 3.04. The van der Waals surface area contributed by atoms with Gasteiger partial charge in [-0.3, -0.25) is 0 Å². The summed E-state index contributed by atoms with van der Waals surface area (Å²) in [7, 11) is -4.05. The molecular formula is C18H13FN4O3S. The van der Waals surface area contributed by atoms with E-state index in [1.807, 2.05) is 6.92 Å². The molecular weight excluding hydrogens is 371 g/mol. The van der Waals surface area contributed by atoms with Crippen molar-refractivity contribution in [3.05, 3.63) is 72.2 Å². The molecule has 27 heavy (non-hydrogen) atoms. The van der Waals surface area contributed by atoms with Gasteiger partial charge in [0.25, 0.3) is 5.88 Å². The van der Waals surface area contributed by atoms with E-state index in [1.54, 1.807) is 24.3 Å². The van der Waals surface area contributed by atoms with Crippen LogP contribution in [0.3, 0.4) is 0 Å². The van der Waals surface area contributed by atoms with Crippen molar-refractivity contribution in [2.75, 3.05) is 0 Å². The van der Waals surface area contributed by atoms with Gasteiger partial charge in [-0.25, -0.2) is 8.91 Å². The van der Waals surface area contributed by atoms with Crippen LogP contribution in [0, 0.1) is 12.7 Å². The molecule has 0 aliphatic carbocycles. The van der Waals surface area contributed by atoms with E-state index in [9.17, 15) is 12.8 Å². The molecule has 4 aromatic rings. The van der Waals surface area contributed by atoms with E-state index < -0.39 is 15.9 Å². The van der Waals surface area contributed by atoms with Crippen molar-refractivity contribution in [2.45, 2.75) is 11.8 Å². The van der Waals surface area contributed by atoms with Crippen molar-refractivity contribution < 1.29 is 17.0 Å². The van der Waals surface area contributed by atoms with Crippen LogP contribution in [-0.4, -0.2) is 28.2 Å². The molecule has 0 bridgehead atoms. The lowest BCUT2D eigenvalue weighted by molar-refractivity contribution is 0.473. The Kier molecular flexibility index (Phi) is 4.08. The van der Waals surface area contributed by atoms with Gasteiger partial charge in [0.1, 0.15) is 10.7 Å². The van der Waals surface area contributed by atoms with Crippen molar-refractivity contribution in [2.24, 2.45) is 0 Å². The highest BCUT2D eigenvalue weighted by Crippen LogP contribution is 2.24. The number of halogens is 1. The lowest BCUT2D eigenvalue weighted by Crippen LogP contribution is -2.10. The summed E-state index contributed by atoms with van der Waals surface area (Å²) in [6.45, 7) is 1.85. The minimum absolute atomic E-state index is 0.00994. The Balaban J connectivity index is 1.75. The third kappa shape index (κ3) is 3.24. The van der Waals surface area contributed by atoms with Crippen molar-refractivity contribution in [3.63, 3.8) is 0 Å². The summed E-state index contributed by atoms with van der Waals surface area (Å²) in [6, 6.07) is 13.7. The quantitative estimate of drug-likeness (QED) is 0.503. The Morgan fingerprint density at radius 2 is 1.81 bits per heavy atom. The van der Waals surface area contributed by atoms with E-state index in [-0.39, 0.29) is 22.2 Å². The number of nitrogens with zero attached hydrogens (tertiary/aromatic N) is 4. The van der Waals surface area contributed by atoms with E-state index in [0.29, 0.717) is 5.52 Å².